The van der Waals surface area contributed by atoms with E-state index in [4.69, 9.17) is 10.5 Å². The van der Waals surface area contributed by atoms with Gasteiger partial charge in [-0.15, -0.1) is 0 Å². The average Bonchev–Trinajstić information content (AvgIpc) is 2.49. The monoisotopic (exact) mass is 289 g/mol. The van der Waals surface area contributed by atoms with Gasteiger partial charge in [-0.1, -0.05) is 0 Å². The van der Waals surface area contributed by atoms with E-state index in [1.165, 1.54) is 24.3 Å². The Morgan fingerprint density at radius 3 is 2.62 bits per heavy atom. The first-order valence-electron chi connectivity index (χ1n) is 6.50. The Kier molecular flexibility index (Phi) is 5.22. The predicted octanol–water partition coefficient (Wildman–Crippen LogP) is 1.74. The fraction of sp³-hybridized carbons (Fsp3) is 0.200. The predicted molar refractivity (Wildman–Crippen MR) is 77.5 cm³/mol. The third-order valence-electron chi connectivity index (χ3n) is 2.70. The number of halogens is 1. The molecule has 0 aliphatic heterocycles. The lowest BCUT2D eigenvalue weighted by molar-refractivity contribution is -0.118. The van der Waals surface area contributed by atoms with E-state index in [0.717, 1.165) is 5.69 Å². The zero-order chi connectivity index (χ0) is 15.1. The second kappa shape index (κ2) is 7.35. The number of hydrogen-bond acceptors (Lipinski definition) is 4. The summed E-state index contributed by atoms with van der Waals surface area (Å²) < 4.78 is 18.0. The summed E-state index contributed by atoms with van der Waals surface area (Å²) in [5.41, 5.74) is 6.82. The lowest BCUT2D eigenvalue weighted by Gasteiger charge is -2.07. The highest BCUT2D eigenvalue weighted by molar-refractivity contribution is 5.91. The van der Waals surface area contributed by atoms with Gasteiger partial charge in [0.05, 0.1) is 6.20 Å². The first kappa shape index (κ1) is 14.9. The number of rotatable bonds is 6. The minimum atomic E-state index is -0.354. The van der Waals surface area contributed by atoms with Crippen LogP contribution in [0.3, 0.4) is 0 Å². The van der Waals surface area contributed by atoms with Crippen LogP contribution in [0.5, 0.6) is 5.75 Å². The number of anilines is 1. The number of amides is 1. The highest BCUT2D eigenvalue weighted by atomic mass is 19.1. The molecule has 5 nitrogen and oxygen atoms in total. The summed E-state index contributed by atoms with van der Waals surface area (Å²) in [7, 11) is 0. The Morgan fingerprint density at radius 2 is 2.00 bits per heavy atom. The molecule has 0 fully saturated rings. The molecular weight excluding hydrogens is 273 g/mol. The molecule has 0 atom stereocenters. The molecule has 0 saturated heterocycles. The molecule has 0 radical (unpaired) electrons. The van der Waals surface area contributed by atoms with Crippen LogP contribution in [-0.4, -0.2) is 24.0 Å². The van der Waals surface area contributed by atoms with E-state index < -0.39 is 0 Å². The van der Waals surface area contributed by atoms with Gasteiger partial charge in [0.2, 0.25) is 0 Å². The van der Waals surface area contributed by atoms with Crippen molar-refractivity contribution in [3.05, 3.63) is 54.1 Å². The standard InChI is InChI=1S/C15H16FN3O2/c16-11-1-3-13(4-2-11)19-15(20)10-21-14-6-5-12(7-8-17)18-9-14/h1-6,9H,7-8,10,17H2,(H,19,20). The molecule has 0 bridgehead atoms. The van der Waals surface area contributed by atoms with Crippen molar-refractivity contribution in [1.29, 1.82) is 0 Å². The van der Waals surface area contributed by atoms with Crippen molar-refractivity contribution in [2.24, 2.45) is 5.73 Å². The maximum atomic E-state index is 12.7. The van der Waals surface area contributed by atoms with Crippen molar-refractivity contribution in [2.45, 2.75) is 6.42 Å². The number of aromatic nitrogens is 1. The third kappa shape index (κ3) is 4.85. The Morgan fingerprint density at radius 1 is 1.24 bits per heavy atom. The van der Waals surface area contributed by atoms with Crippen LogP contribution in [0.1, 0.15) is 5.69 Å². The fourth-order valence-corrected chi connectivity index (χ4v) is 1.67. The SMILES string of the molecule is NCCc1ccc(OCC(=O)Nc2ccc(F)cc2)cn1. The molecule has 2 rings (SSSR count). The summed E-state index contributed by atoms with van der Waals surface area (Å²) in [5, 5.41) is 2.60. The molecule has 1 aromatic carbocycles. The largest absolute Gasteiger partial charge is 0.482 e. The number of nitrogens with one attached hydrogen (secondary N) is 1. The second-order valence-corrected chi connectivity index (χ2v) is 4.37. The number of carbonyl (C=O) groups excluding carboxylic acids is 1. The van der Waals surface area contributed by atoms with Crippen LogP contribution < -0.4 is 15.8 Å². The molecule has 2 aromatic rings. The molecular formula is C15H16FN3O2. The lowest BCUT2D eigenvalue weighted by Crippen LogP contribution is -2.20. The van der Waals surface area contributed by atoms with Crippen molar-refractivity contribution in [1.82, 2.24) is 4.98 Å². The molecule has 0 saturated carbocycles. The minimum absolute atomic E-state index is 0.144. The molecule has 0 aliphatic carbocycles. The number of hydrogen-bond donors (Lipinski definition) is 2. The molecule has 110 valence electrons. The minimum Gasteiger partial charge on any atom is -0.482 e. The van der Waals surface area contributed by atoms with Crippen LogP contribution in [0.2, 0.25) is 0 Å². The number of carbonyl (C=O) groups is 1. The number of benzene rings is 1. The quantitative estimate of drug-likeness (QED) is 0.849. The van der Waals surface area contributed by atoms with E-state index in [0.29, 0.717) is 24.4 Å². The van der Waals surface area contributed by atoms with Crippen LogP contribution in [-0.2, 0) is 11.2 Å². The number of nitrogens with two attached hydrogens (primary N) is 1. The molecule has 3 N–H and O–H groups in total. The van der Waals surface area contributed by atoms with Gasteiger partial charge in [-0.2, -0.15) is 0 Å². The van der Waals surface area contributed by atoms with Gasteiger partial charge in [0, 0.05) is 17.8 Å². The maximum Gasteiger partial charge on any atom is 0.262 e. The van der Waals surface area contributed by atoms with Crippen molar-refractivity contribution in [2.75, 3.05) is 18.5 Å². The number of nitrogens with zero attached hydrogens (tertiary/aromatic N) is 1. The summed E-state index contributed by atoms with van der Waals surface area (Å²) in [6.07, 6.45) is 2.25. The molecule has 0 unspecified atom stereocenters. The maximum absolute atomic E-state index is 12.7. The van der Waals surface area contributed by atoms with Crippen LogP contribution >= 0.6 is 0 Å². The second-order valence-electron chi connectivity index (χ2n) is 4.37. The molecule has 1 aromatic heterocycles. The average molecular weight is 289 g/mol. The van der Waals surface area contributed by atoms with Crippen molar-refractivity contribution >= 4 is 11.6 Å². The molecule has 1 amide bonds. The highest BCUT2D eigenvalue weighted by Gasteiger charge is 2.04. The molecule has 6 heteroatoms. The van der Waals surface area contributed by atoms with Gasteiger partial charge in [0.25, 0.3) is 5.91 Å². The van der Waals surface area contributed by atoms with E-state index >= 15 is 0 Å². The van der Waals surface area contributed by atoms with Crippen LogP contribution in [0.15, 0.2) is 42.6 Å². The number of ether oxygens (including phenoxy) is 1. The molecule has 21 heavy (non-hydrogen) atoms. The first-order valence-corrected chi connectivity index (χ1v) is 6.50. The fourth-order valence-electron chi connectivity index (χ4n) is 1.67. The summed E-state index contributed by atoms with van der Waals surface area (Å²) >= 11 is 0. The third-order valence-corrected chi connectivity index (χ3v) is 2.70. The van der Waals surface area contributed by atoms with Crippen molar-refractivity contribution in [3.63, 3.8) is 0 Å². The topological polar surface area (TPSA) is 77.2 Å². The highest BCUT2D eigenvalue weighted by Crippen LogP contribution is 2.11. The smallest absolute Gasteiger partial charge is 0.262 e. The Bertz CT molecular complexity index is 585. The molecule has 1 heterocycles. The van der Waals surface area contributed by atoms with Crippen LogP contribution in [0, 0.1) is 5.82 Å². The van der Waals surface area contributed by atoms with Gasteiger partial charge < -0.3 is 15.8 Å². The van der Waals surface area contributed by atoms with Crippen LogP contribution in [0.4, 0.5) is 10.1 Å². The van der Waals surface area contributed by atoms with Gasteiger partial charge in [0.1, 0.15) is 11.6 Å². The normalized spacial score (nSPS) is 10.2. The van der Waals surface area contributed by atoms with E-state index in [1.54, 1.807) is 18.3 Å². The summed E-state index contributed by atoms with van der Waals surface area (Å²) in [4.78, 5) is 15.8. The first-order chi connectivity index (χ1) is 10.2. The zero-order valence-corrected chi connectivity index (χ0v) is 11.4. The van der Waals surface area contributed by atoms with Gasteiger partial charge in [-0.3, -0.25) is 9.78 Å². The van der Waals surface area contributed by atoms with Gasteiger partial charge in [-0.25, -0.2) is 4.39 Å². The van der Waals surface area contributed by atoms with E-state index in [2.05, 4.69) is 10.3 Å². The number of pyridine rings is 1. The van der Waals surface area contributed by atoms with Gasteiger partial charge in [0.15, 0.2) is 6.61 Å². The zero-order valence-electron chi connectivity index (χ0n) is 11.4. The van der Waals surface area contributed by atoms with E-state index in [1.807, 2.05) is 0 Å². The van der Waals surface area contributed by atoms with Gasteiger partial charge >= 0.3 is 0 Å². The summed E-state index contributed by atoms with van der Waals surface area (Å²) in [6, 6.07) is 9.06. The Balaban J connectivity index is 1.81. The molecule has 0 aliphatic rings. The van der Waals surface area contributed by atoms with Crippen molar-refractivity contribution < 1.29 is 13.9 Å². The van der Waals surface area contributed by atoms with Crippen molar-refractivity contribution in [3.8, 4) is 5.75 Å². The van der Waals surface area contributed by atoms with Gasteiger partial charge in [-0.05, 0) is 42.9 Å². The molecule has 0 spiro atoms. The summed E-state index contributed by atoms with van der Waals surface area (Å²) in [6.45, 7) is 0.391. The van der Waals surface area contributed by atoms with E-state index in [-0.39, 0.29) is 18.3 Å². The summed E-state index contributed by atoms with van der Waals surface area (Å²) in [5.74, 6) is -0.175. The Labute approximate surface area is 121 Å². The lowest BCUT2D eigenvalue weighted by atomic mass is 10.3. The van der Waals surface area contributed by atoms with E-state index in [9.17, 15) is 9.18 Å². The Hall–Kier alpha value is -2.47. The van der Waals surface area contributed by atoms with Crippen LogP contribution in [0.25, 0.3) is 0 Å².